The fraction of sp³-hybridized carbons (Fsp3) is 0.636. The highest BCUT2D eigenvalue weighted by Crippen LogP contribution is 2.20. The molecule has 0 fully saturated rings. The van der Waals surface area contributed by atoms with E-state index >= 15 is 0 Å². The summed E-state index contributed by atoms with van der Waals surface area (Å²) >= 11 is 5.98. The molecule has 0 aliphatic carbocycles. The molecule has 0 amide bonds. The van der Waals surface area contributed by atoms with Gasteiger partial charge in [0.15, 0.2) is 5.78 Å². The van der Waals surface area contributed by atoms with Crippen molar-refractivity contribution in [3.05, 3.63) is 16.9 Å². The number of carbonyl (C=O) groups is 1. The zero-order valence-corrected chi connectivity index (χ0v) is 11.1. The van der Waals surface area contributed by atoms with Gasteiger partial charge in [0, 0.05) is 19.1 Å². The highest BCUT2D eigenvalue weighted by atomic mass is 35.5. The number of methoxy groups -OCH3 is 1. The number of ketones is 1. The molecule has 0 aliphatic heterocycles. The lowest BCUT2D eigenvalue weighted by atomic mass is 9.97. The van der Waals surface area contributed by atoms with Crippen LogP contribution in [0, 0.1) is 5.92 Å². The summed E-state index contributed by atoms with van der Waals surface area (Å²) < 4.78 is 6.52. The Balaban J connectivity index is 2.95. The Bertz CT molecular complexity index is 390. The topological polar surface area (TPSA) is 70.1 Å². The van der Waals surface area contributed by atoms with Gasteiger partial charge in [0.05, 0.1) is 24.4 Å². The Morgan fingerprint density at radius 1 is 1.65 bits per heavy atom. The van der Waals surface area contributed by atoms with Gasteiger partial charge in [-0.2, -0.15) is 5.10 Å². The van der Waals surface area contributed by atoms with E-state index in [0.29, 0.717) is 23.9 Å². The van der Waals surface area contributed by atoms with Gasteiger partial charge in [0.1, 0.15) is 5.69 Å². The second-order valence-corrected chi connectivity index (χ2v) is 4.48. The minimum absolute atomic E-state index is 0.0846. The van der Waals surface area contributed by atoms with Gasteiger partial charge in [-0.05, 0) is 6.92 Å². The van der Waals surface area contributed by atoms with Crippen LogP contribution in [0.25, 0.3) is 0 Å². The molecule has 0 saturated carbocycles. The average Bonchev–Trinajstić information content (AvgIpc) is 2.65. The number of hydrogen-bond donors (Lipinski definition) is 1. The van der Waals surface area contributed by atoms with Crippen molar-refractivity contribution in [2.24, 2.45) is 11.7 Å². The van der Waals surface area contributed by atoms with Crippen molar-refractivity contribution in [3.63, 3.8) is 0 Å². The Morgan fingerprint density at radius 2 is 2.29 bits per heavy atom. The molecule has 2 atom stereocenters. The third-order valence-corrected chi connectivity index (χ3v) is 3.01. The molecule has 5 nitrogen and oxygen atoms in total. The molecule has 17 heavy (non-hydrogen) atoms. The first kappa shape index (κ1) is 14.2. The second kappa shape index (κ2) is 6.14. The average molecular weight is 260 g/mol. The van der Waals surface area contributed by atoms with E-state index in [-0.39, 0.29) is 17.7 Å². The Morgan fingerprint density at radius 3 is 2.82 bits per heavy atom. The summed E-state index contributed by atoms with van der Waals surface area (Å²) in [7, 11) is 1.59. The van der Waals surface area contributed by atoms with Gasteiger partial charge < -0.3 is 10.5 Å². The summed E-state index contributed by atoms with van der Waals surface area (Å²) in [5.41, 5.74) is 6.14. The summed E-state index contributed by atoms with van der Waals surface area (Å²) in [4.78, 5) is 12.2. The molecule has 1 rings (SSSR count). The number of halogens is 1. The van der Waals surface area contributed by atoms with Crippen LogP contribution >= 0.6 is 11.6 Å². The quantitative estimate of drug-likeness (QED) is 0.783. The van der Waals surface area contributed by atoms with Gasteiger partial charge in [0.25, 0.3) is 0 Å². The highest BCUT2D eigenvalue weighted by molar-refractivity contribution is 6.33. The van der Waals surface area contributed by atoms with Crippen LogP contribution in [0.3, 0.4) is 0 Å². The number of carbonyl (C=O) groups excluding carboxylic acids is 1. The standard InChI is InChI=1S/C11H18ClN3O2/c1-7(8(2)13)11(16)10-9(12)6-14-15(10)4-5-17-3/h6-8H,4-5,13H2,1-3H3. The molecule has 2 unspecified atom stereocenters. The maximum atomic E-state index is 12.2. The number of aromatic nitrogens is 2. The number of nitrogens with two attached hydrogens (primary N) is 1. The van der Waals surface area contributed by atoms with E-state index in [2.05, 4.69) is 5.10 Å². The molecule has 0 aromatic carbocycles. The largest absolute Gasteiger partial charge is 0.383 e. The summed E-state index contributed by atoms with van der Waals surface area (Å²) in [6, 6.07) is -0.218. The number of Topliss-reactive ketones (excluding diaryl/α,β-unsaturated/α-hetero) is 1. The van der Waals surface area contributed by atoms with Crippen LogP contribution < -0.4 is 5.73 Å². The fourth-order valence-electron chi connectivity index (χ4n) is 1.41. The van der Waals surface area contributed by atoms with E-state index < -0.39 is 0 Å². The summed E-state index contributed by atoms with van der Waals surface area (Å²) in [5.74, 6) is -0.371. The van der Waals surface area contributed by atoms with E-state index in [1.165, 1.54) is 6.20 Å². The number of rotatable bonds is 6. The van der Waals surface area contributed by atoms with E-state index in [1.807, 2.05) is 0 Å². The Labute approximate surface area is 106 Å². The molecule has 0 spiro atoms. The van der Waals surface area contributed by atoms with Crippen LogP contribution in [0.4, 0.5) is 0 Å². The number of hydrogen-bond acceptors (Lipinski definition) is 4. The fourth-order valence-corrected chi connectivity index (χ4v) is 1.64. The van der Waals surface area contributed by atoms with E-state index in [1.54, 1.807) is 25.6 Å². The minimum Gasteiger partial charge on any atom is -0.383 e. The molecule has 0 saturated heterocycles. The third-order valence-electron chi connectivity index (χ3n) is 2.74. The highest BCUT2D eigenvalue weighted by Gasteiger charge is 2.25. The van der Waals surface area contributed by atoms with Crippen molar-refractivity contribution in [2.75, 3.05) is 13.7 Å². The van der Waals surface area contributed by atoms with E-state index in [0.717, 1.165) is 0 Å². The first-order valence-electron chi connectivity index (χ1n) is 5.49. The monoisotopic (exact) mass is 259 g/mol. The smallest absolute Gasteiger partial charge is 0.186 e. The van der Waals surface area contributed by atoms with Crippen molar-refractivity contribution in [2.45, 2.75) is 26.4 Å². The molecule has 2 N–H and O–H groups in total. The molecule has 1 aromatic rings. The molecule has 0 aliphatic rings. The molecule has 1 aromatic heterocycles. The summed E-state index contributed by atoms with van der Waals surface area (Å²) in [5, 5.41) is 4.42. The predicted molar refractivity (Wildman–Crippen MR) is 66.3 cm³/mol. The van der Waals surface area contributed by atoms with Gasteiger partial charge in [-0.1, -0.05) is 18.5 Å². The minimum atomic E-state index is -0.287. The van der Waals surface area contributed by atoms with Crippen LogP contribution in [0.15, 0.2) is 6.20 Å². The summed E-state index contributed by atoms with van der Waals surface area (Å²) in [6.07, 6.45) is 1.47. The molecule has 6 heteroatoms. The molecular formula is C11H18ClN3O2. The first-order valence-corrected chi connectivity index (χ1v) is 5.86. The van der Waals surface area contributed by atoms with Crippen LogP contribution in [0.2, 0.25) is 5.02 Å². The first-order chi connectivity index (χ1) is 7.99. The van der Waals surface area contributed by atoms with Crippen molar-refractivity contribution in [1.29, 1.82) is 0 Å². The molecular weight excluding hydrogens is 242 g/mol. The maximum Gasteiger partial charge on any atom is 0.186 e. The van der Waals surface area contributed by atoms with Crippen LogP contribution in [0.1, 0.15) is 24.3 Å². The number of nitrogens with zero attached hydrogens (tertiary/aromatic N) is 2. The van der Waals surface area contributed by atoms with Crippen LogP contribution in [0.5, 0.6) is 0 Å². The molecule has 1 heterocycles. The van der Waals surface area contributed by atoms with Gasteiger partial charge in [-0.15, -0.1) is 0 Å². The second-order valence-electron chi connectivity index (χ2n) is 4.07. The zero-order chi connectivity index (χ0) is 13.0. The van der Waals surface area contributed by atoms with Crippen molar-refractivity contribution >= 4 is 17.4 Å². The zero-order valence-electron chi connectivity index (χ0n) is 10.3. The van der Waals surface area contributed by atoms with Crippen LogP contribution in [-0.2, 0) is 11.3 Å². The van der Waals surface area contributed by atoms with E-state index in [9.17, 15) is 4.79 Å². The SMILES string of the molecule is COCCn1ncc(Cl)c1C(=O)C(C)C(C)N. The Hall–Kier alpha value is -0.910. The lowest BCUT2D eigenvalue weighted by Crippen LogP contribution is -2.32. The lowest BCUT2D eigenvalue weighted by Gasteiger charge is -2.15. The number of ether oxygens (including phenoxy) is 1. The normalized spacial score (nSPS) is 14.6. The van der Waals surface area contributed by atoms with Crippen molar-refractivity contribution < 1.29 is 9.53 Å². The van der Waals surface area contributed by atoms with Gasteiger partial charge >= 0.3 is 0 Å². The molecule has 0 bridgehead atoms. The van der Waals surface area contributed by atoms with Crippen molar-refractivity contribution in [3.8, 4) is 0 Å². The molecule has 0 radical (unpaired) electrons. The van der Waals surface area contributed by atoms with Gasteiger partial charge in [0.2, 0.25) is 0 Å². The molecule has 96 valence electrons. The Kier molecular flexibility index (Phi) is 5.11. The summed E-state index contributed by atoms with van der Waals surface area (Å²) in [6.45, 7) is 4.56. The predicted octanol–water partition coefficient (Wildman–Crippen LogP) is 1.35. The van der Waals surface area contributed by atoms with Crippen molar-refractivity contribution in [1.82, 2.24) is 9.78 Å². The third kappa shape index (κ3) is 3.28. The van der Waals surface area contributed by atoms with Crippen LogP contribution in [-0.4, -0.2) is 35.3 Å². The maximum absolute atomic E-state index is 12.2. The lowest BCUT2D eigenvalue weighted by molar-refractivity contribution is 0.0902. The van der Waals surface area contributed by atoms with Gasteiger partial charge in [-0.3, -0.25) is 9.48 Å². The van der Waals surface area contributed by atoms with Gasteiger partial charge in [-0.25, -0.2) is 0 Å². The van der Waals surface area contributed by atoms with E-state index in [4.69, 9.17) is 22.1 Å².